The van der Waals surface area contributed by atoms with Crippen LogP contribution in [0, 0.1) is 11.8 Å². The number of nitrogens with one attached hydrogen (secondary N) is 2. The van der Waals surface area contributed by atoms with Crippen molar-refractivity contribution >= 4 is 11.9 Å². The van der Waals surface area contributed by atoms with Gasteiger partial charge in [0.25, 0.3) is 0 Å². The van der Waals surface area contributed by atoms with E-state index in [0.717, 1.165) is 37.8 Å². The van der Waals surface area contributed by atoms with E-state index < -0.39 is 5.97 Å². The second-order valence-electron chi connectivity index (χ2n) is 9.05. The molecule has 2 heterocycles. The van der Waals surface area contributed by atoms with Crippen LogP contribution in [0.2, 0.25) is 0 Å². The molecule has 0 aromatic heterocycles. The highest BCUT2D eigenvalue weighted by Gasteiger charge is 2.47. The molecule has 2 bridgehead atoms. The van der Waals surface area contributed by atoms with E-state index >= 15 is 0 Å². The third-order valence-corrected chi connectivity index (χ3v) is 6.69. The molecule has 0 unspecified atom stereocenters. The quantitative estimate of drug-likeness (QED) is 0.282. The van der Waals surface area contributed by atoms with E-state index in [0.29, 0.717) is 43.6 Å². The van der Waals surface area contributed by atoms with Crippen LogP contribution in [0.4, 0.5) is 0 Å². The fourth-order valence-corrected chi connectivity index (χ4v) is 5.03. The average molecular weight is 443 g/mol. The van der Waals surface area contributed by atoms with E-state index in [4.69, 9.17) is 9.84 Å². The molecule has 2 saturated heterocycles. The SMILES string of the molecule is O=C(O)CCC/C=C\C[C@@H]1[C@@H](CCCCNCC(=O)NCc2ccccc2)[C@@H]2CC[C@H]1O2. The highest BCUT2D eigenvalue weighted by molar-refractivity contribution is 5.77. The Morgan fingerprint density at radius 2 is 1.81 bits per heavy atom. The Hall–Kier alpha value is -2.18. The Balaban J connectivity index is 1.26. The van der Waals surface area contributed by atoms with Crippen LogP contribution in [0.1, 0.15) is 63.4 Å². The van der Waals surface area contributed by atoms with Gasteiger partial charge in [-0.1, -0.05) is 48.9 Å². The van der Waals surface area contributed by atoms with Gasteiger partial charge in [0.1, 0.15) is 0 Å². The molecule has 3 rings (SSSR count). The van der Waals surface area contributed by atoms with E-state index in [-0.39, 0.29) is 12.3 Å². The predicted molar refractivity (Wildman–Crippen MR) is 125 cm³/mol. The number of rotatable bonds is 15. The Bertz CT molecular complexity index is 737. The molecular weight excluding hydrogens is 404 g/mol. The fourth-order valence-electron chi connectivity index (χ4n) is 5.03. The largest absolute Gasteiger partial charge is 0.481 e. The minimum absolute atomic E-state index is 0.0329. The van der Waals surface area contributed by atoms with Gasteiger partial charge in [-0.15, -0.1) is 0 Å². The molecule has 2 fully saturated rings. The van der Waals surface area contributed by atoms with Crippen LogP contribution in [0.15, 0.2) is 42.5 Å². The maximum absolute atomic E-state index is 12.0. The van der Waals surface area contributed by atoms with Crippen molar-refractivity contribution in [2.24, 2.45) is 11.8 Å². The Labute approximate surface area is 191 Å². The summed E-state index contributed by atoms with van der Waals surface area (Å²) in [5, 5.41) is 14.9. The van der Waals surface area contributed by atoms with Gasteiger partial charge in [0, 0.05) is 13.0 Å². The molecule has 0 saturated carbocycles. The number of ether oxygens (including phenoxy) is 1. The first-order valence-corrected chi connectivity index (χ1v) is 12.2. The smallest absolute Gasteiger partial charge is 0.303 e. The second-order valence-corrected chi connectivity index (χ2v) is 9.05. The molecule has 2 aliphatic heterocycles. The summed E-state index contributed by atoms with van der Waals surface area (Å²) < 4.78 is 6.20. The van der Waals surface area contributed by atoms with Crippen LogP contribution in [-0.2, 0) is 20.9 Å². The van der Waals surface area contributed by atoms with Gasteiger partial charge in [-0.3, -0.25) is 9.59 Å². The zero-order chi connectivity index (χ0) is 22.6. The molecule has 4 atom stereocenters. The van der Waals surface area contributed by atoms with E-state index in [9.17, 15) is 9.59 Å². The van der Waals surface area contributed by atoms with Crippen molar-refractivity contribution in [3.05, 3.63) is 48.0 Å². The normalized spacial score (nSPS) is 24.2. The average Bonchev–Trinajstić information content (AvgIpc) is 3.39. The lowest BCUT2D eigenvalue weighted by Crippen LogP contribution is -2.34. The number of unbranched alkanes of at least 4 members (excludes halogenated alkanes) is 2. The number of fused-ring (bicyclic) bond motifs is 2. The summed E-state index contributed by atoms with van der Waals surface area (Å²) in [6.07, 6.45) is 13.8. The van der Waals surface area contributed by atoms with Crippen molar-refractivity contribution in [3.63, 3.8) is 0 Å². The van der Waals surface area contributed by atoms with Gasteiger partial charge in [-0.2, -0.15) is 0 Å². The van der Waals surface area contributed by atoms with Crippen LogP contribution in [-0.4, -0.2) is 42.3 Å². The summed E-state index contributed by atoms with van der Waals surface area (Å²) in [6.45, 7) is 1.79. The molecule has 3 N–H and O–H groups in total. The third kappa shape index (κ3) is 8.06. The molecule has 176 valence electrons. The lowest BCUT2D eigenvalue weighted by atomic mass is 9.75. The molecule has 6 nitrogen and oxygen atoms in total. The number of amides is 1. The van der Waals surface area contributed by atoms with Gasteiger partial charge < -0.3 is 20.5 Å². The summed E-state index contributed by atoms with van der Waals surface area (Å²) in [7, 11) is 0. The van der Waals surface area contributed by atoms with Gasteiger partial charge in [0.2, 0.25) is 5.91 Å². The molecule has 6 heteroatoms. The third-order valence-electron chi connectivity index (χ3n) is 6.69. The molecule has 2 aliphatic rings. The van der Waals surface area contributed by atoms with Crippen LogP contribution < -0.4 is 10.6 Å². The van der Waals surface area contributed by atoms with Crippen LogP contribution in [0.5, 0.6) is 0 Å². The Kier molecular flexibility index (Phi) is 10.2. The fraction of sp³-hybridized carbons (Fsp3) is 0.615. The molecule has 0 radical (unpaired) electrons. The van der Waals surface area contributed by atoms with Crippen molar-refractivity contribution in [2.75, 3.05) is 13.1 Å². The molecule has 1 aromatic carbocycles. The molecular formula is C26H38N2O4. The Morgan fingerprint density at radius 1 is 1.03 bits per heavy atom. The minimum Gasteiger partial charge on any atom is -0.481 e. The number of hydrogen-bond acceptors (Lipinski definition) is 4. The number of carbonyl (C=O) groups is 2. The van der Waals surface area contributed by atoms with Crippen molar-refractivity contribution < 1.29 is 19.4 Å². The number of carbonyl (C=O) groups excluding carboxylic acids is 1. The van der Waals surface area contributed by atoms with Crippen LogP contribution in [0.25, 0.3) is 0 Å². The topological polar surface area (TPSA) is 87.7 Å². The monoisotopic (exact) mass is 442 g/mol. The van der Waals surface area contributed by atoms with E-state index in [2.05, 4.69) is 22.8 Å². The van der Waals surface area contributed by atoms with E-state index in [1.165, 1.54) is 19.3 Å². The van der Waals surface area contributed by atoms with Gasteiger partial charge in [-0.25, -0.2) is 0 Å². The minimum atomic E-state index is -0.720. The lowest BCUT2D eigenvalue weighted by molar-refractivity contribution is -0.137. The maximum Gasteiger partial charge on any atom is 0.303 e. The maximum atomic E-state index is 12.0. The number of carboxylic acids is 1. The van der Waals surface area contributed by atoms with Crippen molar-refractivity contribution in [1.29, 1.82) is 0 Å². The molecule has 0 aliphatic carbocycles. The van der Waals surface area contributed by atoms with Crippen molar-refractivity contribution in [1.82, 2.24) is 10.6 Å². The van der Waals surface area contributed by atoms with Gasteiger partial charge in [0.05, 0.1) is 18.8 Å². The zero-order valence-electron chi connectivity index (χ0n) is 19.0. The number of carboxylic acid groups (broad SMARTS) is 1. The first-order chi connectivity index (χ1) is 15.6. The molecule has 1 amide bonds. The van der Waals surface area contributed by atoms with E-state index in [1.54, 1.807) is 0 Å². The molecule has 0 spiro atoms. The summed E-state index contributed by atoms with van der Waals surface area (Å²) in [5.41, 5.74) is 1.11. The van der Waals surface area contributed by atoms with Gasteiger partial charge in [0.15, 0.2) is 0 Å². The molecule has 1 aromatic rings. The standard InChI is InChI=1S/C26H38N2O4/c29-25(28-18-20-10-4-3-5-11-20)19-27-17-9-8-13-22-21(23-15-16-24(22)32-23)12-6-1-2-7-14-26(30)31/h1,3-6,10-11,21-24,27H,2,7-9,12-19H2,(H,28,29)(H,30,31)/b6-1-/t21-,22-,23-,24+/m1/s1. The Morgan fingerprint density at radius 3 is 2.59 bits per heavy atom. The lowest BCUT2D eigenvalue weighted by Gasteiger charge is -2.27. The van der Waals surface area contributed by atoms with Gasteiger partial charge >= 0.3 is 5.97 Å². The van der Waals surface area contributed by atoms with Crippen molar-refractivity contribution in [3.8, 4) is 0 Å². The van der Waals surface area contributed by atoms with Crippen LogP contribution in [0.3, 0.4) is 0 Å². The summed E-state index contributed by atoms with van der Waals surface area (Å²) in [4.78, 5) is 22.6. The number of benzene rings is 1. The first kappa shape index (κ1) is 24.5. The number of aliphatic carboxylic acids is 1. The highest BCUT2D eigenvalue weighted by atomic mass is 16.5. The van der Waals surface area contributed by atoms with Crippen LogP contribution >= 0.6 is 0 Å². The summed E-state index contributed by atoms with van der Waals surface area (Å²) in [5.74, 6) is 0.542. The van der Waals surface area contributed by atoms with Gasteiger partial charge in [-0.05, 0) is 68.9 Å². The van der Waals surface area contributed by atoms with E-state index in [1.807, 2.05) is 30.3 Å². The molecule has 32 heavy (non-hydrogen) atoms. The summed E-state index contributed by atoms with van der Waals surface area (Å²) in [6, 6.07) is 9.94. The highest BCUT2D eigenvalue weighted by Crippen LogP contribution is 2.47. The predicted octanol–water partition coefficient (Wildman–Crippen LogP) is 4.06. The number of hydrogen-bond donors (Lipinski definition) is 3. The number of allylic oxidation sites excluding steroid dienone is 2. The van der Waals surface area contributed by atoms with Crippen molar-refractivity contribution in [2.45, 2.75) is 76.5 Å². The summed E-state index contributed by atoms with van der Waals surface area (Å²) >= 11 is 0. The second kappa shape index (κ2) is 13.4. The zero-order valence-corrected chi connectivity index (χ0v) is 19.0. The first-order valence-electron chi connectivity index (χ1n) is 12.2.